The molecular formula is C18H13N7. The van der Waals surface area contributed by atoms with Gasteiger partial charge in [0.25, 0.3) is 0 Å². The second-order valence-electron chi connectivity index (χ2n) is 5.40. The van der Waals surface area contributed by atoms with Gasteiger partial charge in [0.1, 0.15) is 11.6 Å². The first-order valence-corrected chi connectivity index (χ1v) is 7.62. The highest BCUT2D eigenvalue weighted by Crippen LogP contribution is 2.25. The molecule has 7 heteroatoms. The van der Waals surface area contributed by atoms with Crippen molar-refractivity contribution in [2.45, 2.75) is 0 Å². The first-order valence-electron chi connectivity index (χ1n) is 7.62. The Balaban J connectivity index is 1.55. The maximum absolute atomic E-state index is 9.15. The van der Waals surface area contributed by atoms with E-state index in [1.807, 2.05) is 42.5 Å². The molecular weight excluding hydrogens is 314 g/mol. The van der Waals surface area contributed by atoms with Gasteiger partial charge in [0.15, 0.2) is 0 Å². The van der Waals surface area contributed by atoms with Crippen molar-refractivity contribution in [1.82, 2.24) is 25.6 Å². The van der Waals surface area contributed by atoms with Crippen LogP contribution in [0.25, 0.3) is 27.7 Å². The topological polar surface area (TPSA) is 106 Å². The molecule has 0 amide bonds. The van der Waals surface area contributed by atoms with Gasteiger partial charge in [-0.25, -0.2) is 0 Å². The standard InChI is InChI=1S/C18H13N7/c19-10-14(18-22-24-25-23-18)11-20-15-7-5-12(6-8-15)17-9-13-3-1-2-4-16(13)21-17/h1-9,11,20-21H,(H,22,23,24,25). The SMILES string of the molecule is N#CC(=CNc1ccc(-c2cc3ccccc3[nH]2)cc1)c1nn[nH]n1. The highest BCUT2D eigenvalue weighted by Gasteiger charge is 2.06. The molecule has 0 radical (unpaired) electrons. The Morgan fingerprint density at radius 1 is 1.12 bits per heavy atom. The van der Waals surface area contributed by atoms with Crippen molar-refractivity contribution in [3.63, 3.8) is 0 Å². The van der Waals surface area contributed by atoms with E-state index in [9.17, 15) is 0 Å². The molecule has 0 bridgehead atoms. The molecule has 0 saturated heterocycles. The third-order valence-corrected chi connectivity index (χ3v) is 3.82. The van der Waals surface area contributed by atoms with Crippen LogP contribution in [0.5, 0.6) is 0 Å². The van der Waals surface area contributed by atoms with Gasteiger partial charge < -0.3 is 10.3 Å². The average molecular weight is 327 g/mol. The Bertz CT molecular complexity index is 1030. The first-order chi connectivity index (χ1) is 12.3. The maximum Gasteiger partial charge on any atom is 0.216 e. The van der Waals surface area contributed by atoms with Gasteiger partial charge in [0, 0.05) is 28.5 Å². The summed E-state index contributed by atoms with van der Waals surface area (Å²) in [6, 6.07) is 20.3. The monoisotopic (exact) mass is 327 g/mol. The smallest absolute Gasteiger partial charge is 0.216 e. The zero-order chi connectivity index (χ0) is 17.1. The van der Waals surface area contributed by atoms with E-state index in [2.05, 4.69) is 49.1 Å². The molecule has 0 saturated carbocycles. The van der Waals surface area contributed by atoms with Crippen LogP contribution in [-0.4, -0.2) is 25.6 Å². The Labute approximate surface area is 143 Å². The van der Waals surface area contributed by atoms with E-state index in [1.165, 1.54) is 5.39 Å². The Morgan fingerprint density at radius 3 is 2.68 bits per heavy atom. The lowest BCUT2D eigenvalue weighted by molar-refractivity contribution is 0.881. The lowest BCUT2D eigenvalue weighted by Crippen LogP contribution is -1.93. The van der Waals surface area contributed by atoms with Gasteiger partial charge in [-0.3, -0.25) is 0 Å². The number of fused-ring (bicyclic) bond motifs is 1. The second kappa shape index (κ2) is 6.29. The fourth-order valence-corrected chi connectivity index (χ4v) is 2.55. The Morgan fingerprint density at radius 2 is 1.96 bits per heavy atom. The fourth-order valence-electron chi connectivity index (χ4n) is 2.55. The Kier molecular flexibility index (Phi) is 3.69. The number of rotatable bonds is 4. The van der Waals surface area contributed by atoms with Crippen molar-refractivity contribution >= 4 is 22.2 Å². The van der Waals surface area contributed by atoms with Crippen molar-refractivity contribution in [3.05, 3.63) is 66.6 Å². The van der Waals surface area contributed by atoms with E-state index >= 15 is 0 Å². The molecule has 4 rings (SSSR count). The Hall–Kier alpha value is -3.92. The van der Waals surface area contributed by atoms with Crippen LogP contribution in [0.1, 0.15) is 5.82 Å². The van der Waals surface area contributed by atoms with Crippen LogP contribution < -0.4 is 5.32 Å². The number of benzene rings is 2. The highest BCUT2D eigenvalue weighted by atomic mass is 15.5. The number of nitrogens with zero attached hydrogens (tertiary/aromatic N) is 4. The van der Waals surface area contributed by atoms with E-state index in [4.69, 9.17) is 5.26 Å². The predicted molar refractivity (Wildman–Crippen MR) is 95.1 cm³/mol. The number of H-pyrrole nitrogens is 2. The summed E-state index contributed by atoms with van der Waals surface area (Å²) in [6.07, 6.45) is 1.56. The van der Waals surface area contributed by atoms with Crippen LogP contribution >= 0.6 is 0 Å². The maximum atomic E-state index is 9.15. The van der Waals surface area contributed by atoms with Crippen molar-refractivity contribution in [3.8, 4) is 17.3 Å². The van der Waals surface area contributed by atoms with E-state index in [1.54, 1.807) is 6.20 Å². The number of tetrazole rings is 1. The minimum Gasteiger partial charge on any atom is -0.360 e. The lowest BCUT2D eigenvalue weighted by Gasteiger charge is -2.03. The van der Waals surface area contributed by atoms with Gasteiger partial charge in [-0.2, -0.15) is 10.5 Å². The summed E-state index contributed by atoms with van der Waals surface area (Å²) in [7, 11) is 0. The predicted octanol–water partition coefficient (Wildman–Crippen LogP) is 3.32. The number of para-hydroxylation sites is 1. The van der Waals surface area contributed by atoms with Gasteiger partial charge in [-0.1, -0.05) is 30.3 Å². The quantitative estimate of drug-likeness (QED) is 0.499. The van der Waals surface area contributed by atoms with Crippen LogP contribution in [0, 0.1) is 11.3 Å². The van der Waals surface area contributed by atoms with Crippen LogP contribution in [0.4, 0.5) is 5.69 Å². The van der Waals surface area contributed by atoms with Gasteiger partial charge in [-0.15, -0.1) is 10.2 Å². The number of anilines is 1. The van der Waals surface area contributed by atoms with Crippen molar-refractivity contribution in [2.75, 3.05) is 5.32 Å². The van der Waals surface area contributed by atoms with E-state index < -0.39 is 0 Å². The summed E-state index contributed by atoms with van der Waals surface area (Å²) in [4.78, 5) is 3.41. The summed E-state index contributed by atoms with van der Waals surface area (Å²) >= 11 is 0. The lowest BCUT2D eigenvalue weighted by atomic mass is 10.1. The minimum atomic E-state index is 0.254. The summed E-state index contributed by atoms with van der Waals surface area (Å²) in [5, 5.41) is 26.8. The van der Waals surface area contributed by atoms with Crippen LogP contribution in [0.3, 0.4) is 0 Å². The summed E-state index contributed by atoms with van der Waals surface area (Å²) in [6.45, 7) is 0. The third-order valence-electron chi connectivity index (χ3n) is 3.82. The molecule has 2 aromatic carbocycles. The van der Waals surface area contributed by atoms with Crippen LogP contribution in [0.2, 0.25) is 0 Å². The van der Waals surface area contributed by atoms with Crippen LogP contribution in [-0.2, 0) is 0 Å². The minimum absolute atomic E-state index is 0.254. The van der Waals surface area contributed by atoms with E-state index in [0.29, 0.717) is 5.57 Å². The summed E-state index contributed by atoms with van der Waals surface area (Å²) < 4.78 is 0. The molecule has 25 heavy (non-hydrogen) atoms. The van der Waals surface area contributed by atoms with Gasteiger partial charge in [0.05, 0.1) is 0 Å². The highest BCUT2D eigenvalue weighted by molar-refractivity contribution is 5.86. The van der Waals surface area contributed by atoms with E-state index in [-0.39, 0.29) is 5.82 Å². The fraction of sp³-hybridized carbons (Fsp3) is 0. The van der Waals surface area contributed by atoms with Crippen molar-refractivity contribution in [1.29, 1.82) is 5.26 Å². The molecule has 120 valence electrons. The third kappa shape index (κ3) is 2.96. The number of hydrogen-bond acceptors (Lipinski definition) is 5. The molecule has 0 aliphatic carbocycles. The van der Waals surface area contributed by atoms with Gasteiger partial charge >= 0.3 is 0 Å². The van der Waals surface area contributed by atoms with Gasteiger partial charge in [0.2, 0.25) is 5.82 Å². The average Bonchev–Trinajstić information content (AvgIpc) is 3.32. The summed E-state index contributed by atoms with van der Waals surface area (Å²) in [5.41, 5.74) is 4.42. The summed E-state index contributed by atoms with van der Waals surface area (Å²) in [5.74, 6) is 0.254. The molecule has 4 aromatic rings. The number of aromatic amines is 2. The van der Waals surface area contributed by atoms with Gasteiger partial charge in [-0.05, 0) is 35.0 Å². The number of allylic oxidation sites excluding steroid dienone is 1. The van der Waals surface area contributed by atoms with Crippen molar-refractivity contribution < 1.29 is 0 Å². The zero-order valence-corrected chi connectivity index (χ0v) is 13.1. The molecule has 2 aromatic heterocycles. The number of nitrogens with one attached hydrogen (secondary N) is 3. The number of aromatic nitrogens is 5. The number of nitriles is 1. The first kappa shape index (κ1) is 14.7. The van der Waals surface area contributed by atoms with Crippen LogP contribution in [0.15, 0.2) is 60.8 Å². The second-order valence-corrected chi connectivity index (χ2v) is 5.40. The molecule has 3 N–H and O–H groups in total. The normalized spacial score (nSPS) is 11.4. The van der Waals surface area contributed by atoms with Crippen molar-refractivity contribution in [2.24, 2.45) is 0 Å². The van der Waals surface area contributed by atoms with E-state index in [0.717, 1.165) is 22.5 Å². The molecule has 2 heterocycles. The number of hydrogen-bond donors (Lipinski definition) is 3. The molecule has 0 spiro atoms. The molecule has 7 nitrogen and oxygen atoms in total. The molecule has 0 fully saturated rings. The molecule has 0 atom stereocenters. The largest absolute Gasteiger partial charge is 0.360 e. The molecule has 0 aliphatic rings. The zero-order valence-electron chi connectivity index (χ0n) is 13.1. The molecule has 0 aliphatic heterocycles. The molecule has 0 unspecified atom stereocenters.